The van der Waals surface area contributed by atoms with Crippen LogP contribution in [0.1, 0.15) is 42.7 Å². The molecule has 1 heterocycles. The summed E-state index contributed by atoms with van der Waals surface area (Å²) in [7, 11) is 0. The second-order valence-corrected chi connectivity index (χ2v) is 8.18. The largest absolute Gasteiger partial charge is 0.379 e. The Morgan fingerprint density at radius 2 is 1.86 bits per heavy atom. The maximum atomic E-state index is 12.7. The summed E-state index contributed by atoms with van der Waals surface area (Å²) in [5.41, 5.74) is 6.26. The van der Waals surface area contributed by atoms with E-state index in [2.05, 4.69) is 15.6 Å². The normalized spacial score (nSPS) is 19.4. The standard InChI is InChI=1S/C19H32N4O4S/c1-13-14(2)28-19(21-13)23-18(25)15-5-3-4-6-16(15)22-17(24)7-9-26-11-12-27-10-8-20/h15-16H,3-12,20H2,1-2H3,(H,22,24)(H,21,23,25). The van der Waals surface area contributed by atoms with E-state index in [0.717, 1.165) is 36.3 Å². The van der Waals surface area contributed by atoms with Crippen LogP contribution in [-0.2, 0) is 19.1 Å². The number of hydrogen-bond acceptors (Lipinski definition) is 7. The van der Waals surface area contributed by atoms with Gasteiger partial charge in [-0.05, 0) is 26.7 Å². The number of thiazole rings is 1. The number of aryl methyl sites for hydroxylation is 2. The van der Waals surface area contributed by atoms with Crippen molar-refractivity contribution in [3.05, 3.63) is 10.6 Å². The Morgan fingerprint density at radius 1 is 1.14 bits per heavy atom. The second-order valence-electron chi connectivity index (χ2n) is 6.98. The fraction of sp³-hybridized carbons (Fsp3) is 0.737. The van der Waals surface area contributed by atoms with E-state index in [1.54, 1.807) is 0 Å². The zero-order valence-corrected chi connectivity index (χ0v) is 17.6. The molecule has 0 saturated heterocycles. The van der Waals surface area contributed by atoms with Crippen LogP contribution in [0.25, 0.3) is 0 Å². The lowest BCUT2D eigenvalue weighted by molar-refractivity contribution is -0.125. The number of carbonyl (C=O) groups excluding carboxylic acids is 2. The van der Waals surface area contributed by atoms with Crippen LogP contribution >= 0.6 is 11.3 Å². The fourth-order valence-electron chi connectivity index (χ4n) is 3.19. The number of nitrogens with zero attached hydrogens (tertiary/aromatic N) is 1. The van der Waals surface area contributed by atoms with Gasteiger partial charge in [0.2, 0.25) is 11.8 Å². The Labute approximate surface area is 170 Å². The second kappa shape index (κ2) is 12.1. The first-order valence-corrected chi connectivity index (χ1v) is 10.7. The Balaban J connectivity index is 1.75. The Kier molecular flexibility index (Phi) is 9.83. The van der Waals surface area contributed by atoms with E-state index in [-0.39, 0.29) is 30.2 Å². The fourth-order valence-corrected chi connectivity index (χ4v) is 4.01. The number of nitrogens with one attached hydrogen (secondary N) is 2. The van der Waals surface area contributed by atoms with E-state index >= 15 is 0 Å². The van der Waals surface area contributed by atoms with Crippen molar-refractivity contribution < 1.29 is 19.1 Å². The van der Waals surface area contributed by atoms with Gasteiger partial charge in [-0.15, -0.1) is 11.3 Å². The SMILES string of the molecule is Cc1nc(NC(=O)C2CCCCC2NC(=O)CCOCCOCCN)sc1C. The Morgan fingerprint density at radius 3 is 2.54 bits per heavy atom. The van der Waals surface area contributed by atoms with E-state index in [1.807, 2.05) is 13.8 Å². The first-order valence-electron chi connectivity index (χ1n) is 9.91. The molecule has 9 heteroatoms. The van der Waals surface area contributed by atoms with Crippen molar-refractivity contribution >= 4 is 28.3 Å². The molecule has 1 aromatic rings. The van der Waals surface area contributed by atoms with Crippen molar-refractivity contribution in [2.75, 3.05) is 38.3 Å². The third-order valence-corrected chi connectivity index (χ3v) is 5.80. The summed E-state index contributed by atoms with van der Waals surface area (Å²) < 4.78 is 10.6. The lowest BCUT2D eigenvalue weighted by Crippen LogP contribution is -2.46. The average molecular weight is 413 g/mol. The van der Waals surface area contributed by atoms with Gasteiger partial charge in [-0.1, -0.05) is 12.8 Å². The van der Waals surface area contributed by atoms with Crippen LogP contribution in [0.3, 0.4) is 0 Å². The van der Waals surface area contributed by atoms with Gasteiger partial charge in [0.1, 0.15) is 0 Å². The van der Waals surface area contributed by atoms with Crippen molar-refractivity contribution in [1.82, 2.24) is 10.3 Å². The number of ether oxygens (including phenoxy) is 2. The van der Waals surface area contributed by atoms with Gasteiger partial charge in [0.15, 0.2) is 5.13 Å². The molecule has 2 unspecified atom stereocenters. The van der Waals surface area contributed by atoms with Gasteiger partial charge in [-0.3, -0.25) is 9.59 Å². The molecule has 0 radical (unpaired) electrons. The van der Waals surface area contributed by atoms with E-state index in [1.165, 1.54) is 11.3 Å². The lowest BCUT2D eigenvalue weighted by Gasteiger charge is -2.31. The molecule has 1 fully saturated rings. The maximum Gasteiger partial charge on any atom is 0.231 e. The molecule has 4 N–H and O–H groups in total. The molecule has 2 amide bonds. The smallest absolute Gasteiger partial charge is 0.231 e. The first kappa shape index (κ1) is 22.7. The molecule has 0 aromatic carbocycles. The molecule has 1 aliphatic carbocycles. The topological polar surface area (TPSA) is 116 Å². The highest BCUT2D eigenvalue weighted by Gasteiger charge is 2.32. The van der Waals surface area contributed by atoms with Gasteiger partial charge in [0, 0.05) is 23.9 Å². The molecule has 1 aliphatic rings. The highest BCUT2D eigenvalue weighted by Crippen LogP contribution is 2.27. The van der Waals surface area contributed by atoms with Gasteiger partial charge in [0.25, 0.3) is 0 Å². The zero-order valence-electron chi connectivity index (χ0n) is 16.8. The third-order valence-electron chi connectivity index (χ3n) is 4.82. The van der Waals surface area contributed by atoms with Gasteiger partial charge in [0.05, 0.1) is 38.0 Å². The van der Waals surface area contributed by atoms with Gasteiger partial charge >= 0.3 is 0 Å². The summed E-state index contributed by atoms with van der Waals surface area (Å²) in [5.74, 6) is -0.381. The number of carbonyl (C=O) groups is 2. The number of hydrogen-bond donors (Lipinski definition) is 3. The number of nitrogens with two attached hydrogens (primary N) is 1. The monoisotopic (exact) mass is 412 g/mol. The number of anilines is 1. The van der Waals surface area contributed by atoms with Crippen LogP contribution in [-0.4, -0.2) is 55.8 Å². The predicted molar refractivity (Wildman–Crippen MR) is 109 cm³/mol. The highest BCUT2D eigenvalue weighted by atomic mass is 32.1. The van der Waals surface area contributed by atoms with Crippen LogP contribution in [0.4, 0.5) is 5.13 Å². The summed E-state index contributed by atoms with van der Waals surface area (Å²) in [4.78, 5) is 30.4. The van der Waals surface area contributed by atoms with Crippen molar-refractivity contribution in [2.45, 2.75) is 52.0 Å². The third kappa shape index (κ3) is 7.46. The van der Waals surface area contributed by atoms with Crippen molar-refractivity contribution in [3.63, 3.8) is 0 Å². The van der Waals surface area contributed by atoms with Crippen LogP contribution in [0.2, 0.25) is 0 Å². The van der Waals surface area contributed by atoms with Crippen molar-refractivity contribution in [3.8, 4) is 0 Å². The van der Waals surface area contributed by atoms with E-state index in [0.29, 0.717) is 38.1 Å². The van der Waals surface area contributed by atoms with Crippen LogP contribution in [0, 0.1) is 19.8 Å². The summed E-state index contributed by atoms with van der Waals surface area (Å²) in [6.07, 6.45) is 3.86. The Bertz CT molecular complexity index is 618. The minimum atomic E-state index is -0.229. The van der Waals surface area contributed by atoms with E-state index < -0.39 is 0 Å². The van der Waals surface area contributed by atoms with Crippen LogP contribution < -0.4 is 16.4 Å². The molecule has 1 saturated carbocycles. The molecule has 0 aliphatic heterocycles. The minimum Gasteiger partial charge on any atom is -0.379 e. The van der Waals surface area contributed by atoms with Crippen LogP contribution in [0.5, 0.6) is 0 Å². The summed E-state index contributed by atoms with van der Waals surface area (Å²) >= 11 is 1.48. The maximum absolute atomic E-state index is 12.7. The Hall–Kier alpha value is -1.55. The molecular formula is C19H32N4O4S. The number of amides is 2. The van der Waals surface area contributed by atoms with Crippen molar-refractivity contribution in [1.29, 1.82) is 0 Å². The highest BCUT2D eigenvalue weighted by molar-refractivity contribution is 7.15. The summed E-state index contributed by atoms with van der Waals surface area (Å²) in [6, 6.07) is -0.142. The van der Waals surface area contributed by atoms with E-state index in [9.17, 15) is 9.59 Å². The van der Waals surface area contributed by atoms with Gasteiger partial charge in [-0.25, -0.2) is 4.98 Å². The molecule has 28 heavy (non-hydrogen) atoms. The predicted octanol–water partition coefficient (Wildman–Crippen LogP) is 1.76. The molecule has 0 bridgehead atoms. The van der Waals surface area contributed by atoms with Gasteiger partial charge in [-0.2, -0.15) is 0 Å². The molecule has 1 aromatic heterocycles. The molecule has 2 atom stereocenters. The van der Waals surface area contributed by atoms with Crippen LogP contribution in [0.15, 0.2) is 0 Å². The summed E-state index contributed by atoms with van der Waals surface area (Å²) in [6.45, 7) is 6.15. The zero-order chi connectivity index (χ0) is 20.4. The average Bonchev–Trinajstić information content (AvgIpc) is 2.98. The number of aromatic nitrogens is 1. The first-order chi connectivity index (χ1) is 13.5. The van der Waals surface area contributed by atoms with Gasteiger partial charge < -0.3 is 25.8 Å². The molecule has 0 spiro atoms. The minimum absolute atomic E-state index is 0.0629. The lowest BCUT2D eigenvalue weighted by atomic mass is 9.83. The quantitative estimate of drug-likeness (QED) is 0.477. The van der Waals surface area contributed by atoms with E-state index in [4.69, 9.17) is 15.2 Å². The summed E-state index contributed by atoms with van der Waals surface area (Å²) in [5, 5.41) is 6.57. The molecule has 2 rings (SSSR count). The molecule has 158 valence electrons. The molecule has 8 nitrogen and oxygen atoms in total. The number of rotatable bonds is 11. The van der Waals surface area contributed by atoms with Crippen molar-refractivity contribution in [2.24, 2.45) is 11.7 Å². The molecular weight excluding hydrogens is 380 g/mol.